The standard InChI is InChI=1S/C9H7ClN4O2/c1-5-6(9(15)16)4-11-14(5)8-3-2-7(10)12-13-8/h2-4H,1H3,(H,15,16). The minimum absolute atomic E-state index is 0.136. The number of hydrogen-bond acceptors (Lipinski definition) is 4. The first-order chi connectivity index (χ1) is 7.59. The van der Waals surface area contributed by atoms with Crippen molar-refractivity contribution < 1.29 is 9.90 Å². The Labute approximate surface area is 95.5 Å². The van der Waals surface area contributed by atoms with Crippen molar-refractivity contribution in [1.82, 2.24) is 20.0 Å². The van der Waals surface area contributed by atoms with Gasteiger partial charge in [-0.1, -0.05) is 11.6 Å². The molecule has 0 saturated carbocycles. The topological polar surface area (TPSA) is 80.9 Å². The smallest absolute Gasteiger partial charge is 0.339 e. The second kappa shape index (κ2) is 3.90. The summed E-state index contributed by atoms with van der Waals surface area (Å²) in [6, 6.07) is 3.17. The fraction of sp³-hybridized carbons (Fsp3) is 0.111. The van der Waals surface area contributed by atoms with Crippen LogP contribution in [0.1, 0.15) is 16.1 Å². The lowest BCUT2D eigenvalue weighted by molar-refractivity contribution is 0.0696. The van der Waals surface area contributed by atoms with Crippen molar-refractivity contribution in [3.63, 3.8) is 0 Å². The zero-order valence-corrected chi connectivity index (χ0v) is 9.01. The molecule has 2 heterocycles. The van der Waals surface area contributed by atoms with Crippen molar-refractivity contribution in [3.8, 4) is 5.82 Å². The van der Waals surface area contributed by atoms with Crippen LogP contribution in [0.3, 0.4) is 0 Å². The summed E-state index contributed by atoms with van der Waals surface area (Å²) >= 11 is 5.60. The number of aromatic carboxylic acids is 1. The predicted molar refractivity (Wildman–Crippen MR) is 55.9 cm³/mol. The Morgan fingerprint density at radius 2 is 2.19 bits per heavy atom. The molecule has 0 atom stereocenters. The molecular weight excluding hydrogens is 232 g/mol. The molecule has 0 amide bonds. The Kier molecular flexibility index (Phi) is 2.57. The van der Waals surface area contributed by atoms with Crippen molar-refractivity contribution in [2.45, 2.75) is 6.92 Å². The fourth-order valence-electron chi connectivity index (χ4n) is 1.27. The highest BCUT2D eigenvalue weighted by atomic mass is 35.5. The van der Waals surface area contributed by atoms with Crippen LogP contribution in [-0.4, -0.2) is 31.1 Å². The lowest BCUT2D eigenvalue weighted by Crippen LogP contribution is -2.04. The van der Waals surface area contributed by atoms with E-state index in [-0.39, 0.29) is 10.7 Å². The highest BCUT2D eigenvalue weighted by Gasteiger charge is 2.14. The van der Waals surface area contributed by atoms with Gasteiger partial charge in [0, 0.05) is 0 Å². The third-order valence-corrected chi connectivity index (χ3v) is 2.28. The molecular formula is C9H7ClN4O2. The molecule has 2 rings (SSSR count). The van der Waals surface area contributed by atoms with Gasteiger partial charge in [0.25, 0.3) is 0 Å². The van der Waals surface area contributed by atoms with Crippen LogP contribution in [0.4, 0.5) is 0 Å². The van der Waals surface area contributed by atoms with Crippen LogP contribution < -0.4 is 0 Å². The summed E-state index contributed by atoms with van der Waals surface area (Å²) < 4.78 is 1.40. The van der Waals surface area contributed by atoms with E-state index >= 15 is 0 Å². The fourth-order valence-corrected chi connectivity index (χ4v) is 1.37. The van der Waals surface area contributed by atoms with E-state index in [1.54, 1.807) is 19.1 Å². The zero-order chi connectivity index (χ0) is 11.7. The Hall–Kier alpha value is -1.95. The maximum absolute atomic E-state index is 10.8. The molecule has 1 N–H and O–H groups in total. The second-order valence-corrected chi connectivity index (χ2v) is 3.46. The minimum Gasteiger partial charge on any atom is -0.478 e. The van der Waals surface area contributed by atoms with E-state index < -0.39 is 5.97 Å². The van der Waals surface area contributed by atoms with Crippen LogP contribution in [0.5, 0.6) is 0 Å². The Bertz CT molecular complexity index is 535. The third kappa shape index (κ3) is 1.74. The zero-order valence-electron chi connectivity index (χ0n) is 8.25. The predicted octanol–water partition coefficient (Wildman–Crippen LogP) is 1.32. The third-order valence-electron chi connectivity index (χ3n) is 2.08. The largest absolute Gasteiger partial charge is 0.478 e. The summed E-state index contributed by atoms with van der Waals surface area (Å²) in [4.78, 5) is 10.8. The van der Waals surface area contributed by atoms with Gasteiger partial charge < -0.3 is 5.11 Å². The van der Waals surface area contributed by atoms with Crippen LogP contribution in [0.25, 0.3) is 5.82 Å². The van der Waals surface area contributed by atoms with Gasteiger partial charge in [-0.05, 0) is 19.1 Å². The van der Waals surface area contributed by atoms with Crippen molar-refractivity contribution in [3.05, 3.63) is 34.7 Å². The maximum Gasteiger partial charge on any atom is 0.339 e. The first-order valence-electron chi connectivity index (χ1n) is 4.37. The summed E-state index contributed by atoms with van der Waals surface area (Å²) in [6.45, 7) is 1.65. The molecule has 0 radical (unpaired) electrons. The van der Waals surface area contributed by atoms with Crippen LogP contribution in [0.15, 0.2) is 18.3 Å². The second-order valence-electron chi connectivity index (χ2n) is 3.07. The van der Waals surface area contributed by atoms with Crippen LogP contribution >= 0.6 is 11.6 Å². The first-order valence-corrected chi connectivity index (χ1v) is 4.75. The molecule has 2 aromatic heterocycles. The highest BCUT2D eigenvalue weighted by Crippen LogP contribution is 2.12. The monoisotopic (exact) mass is 238 g/mol. The van der Waals surface area contributed by atoms with E-state index in [4.69, 9.17) is 16.7 Å². The minimum atomic E-state index is -1.02. The molecule has 0 aliphatic carbocycles. The summed E-state index contributed by atoms with van der Waals surface area (Å²) in [6.07, 6.45) is 1.27. The summed E-state index contributed by atoms with van der Waals surface area (Å²) in [5.41, 5.74) is 0.626. The van der Waals surface area contributed by atoms with Gasteiger partial charge in [0.1, 0.15) is 5.56 Å². The Balaban J connectivity index is 2.49. The number of aromatic nitrogens is 4. The lowest BCUT2D eigenvalue weighted by Gasteiger charge is -2.01. The number of carbonyl (C=O) groups is 1. The molecule has 2 aromatic rings. The van der Waals surface area contributed by atoms with E-state index in [1.165, 1.54) is 10.9 Å². The maximum atomic E-state index is 10.8. The number of carboxylic acids is 1. The molecule has 0 bridgehead atoms. The molecule has 0 aromatic carbocycles. The van der Waals surface area contributed by atoms with E-state index in [1.807, 2.05) is 0 Å². The molecule has 0 saturated heterocycles. The van der Waals surface area contributed by atoms with Crippen molar-refractivity contribution >= 4 is 17.6 Å². The molecule has 0 spiro atoms. The number of halogens is 1. The van der Waals surface area contributed by atoms with Crippen molar-refractivity contribution in [1.29, 1.82) is 0 Å². The van der Waals surface area contributed by atoms with Gasteiger partial charge in [-0.3, -0.25) is 0 Å². The van der Waals surface area contributed by atoms with E-state index in [9.17, 15) is 4.79 Å². The van der Waals surface area contributed by atoms with Gasteiger partial charge in [0.15, 0.2) is 11.0 Å². The van der Waals surface area contributed by atoms with Gasteiger partial charge in [0.05, 0.1) is 11.9 Å². The number of rotatable bonds is 2. The van der Waals surface area contributed by atoms with E-state index in [0.29, 0.717) is 11.5 Å². The highest BCUT2D eigenvalue weighted by molar-refractivity contribution is 6.29. The average molecular weight is 239 g/mol. The summed E-state index contributed by atoms with van der Waals surface area (Å²) in [5.74, 6) is -0.597. The van der Waals surface area contributed by atoms with Crippen molar-refractivity contribution in [2.75, 3.05) is 0 Å². The van der Waals surface area contributed by atoms with Crippen LogP contribution in [0.2, 0.25) is 5.15 Å². The van der Waals surface area contributed by atoms with E-state index in [0.717, 1.165) is 0 Å². The Morgan fingerprint density at radius 1 is 1.44 bits per heavy atom. The van der Waals surface area contributed by atoms with Gasteiger partial charge in [-0.15, -0.1) is 10.2 Å². The van der Waals surface area contributed by atoms with Gasteiger partial charge in [-0.2, -0.15) is 5.10 Å². The molecule has 16 heavy (non-hydrogen) atoms. The molecule has 82 valence electrons. The van der Waals surface area contributed by atoms with Gasteiger partial charge in [-0.25, -0.2) is 9.48 Å². The molecule has 6 nitrogen and oxygen atoms in total. The summed E-state index contributed by atoms with van der Waals surface area (Å²) in [5, 5.41) is 20.5. The first kappa shape index (κ1) is 10.6. The molecule has 0 aliphatic rings. The normalized spacial score (nSPS) is 10.4. The summed E-state index contributed by atoms with van der Waals surface area (Å²) in [7, 11) is 0. The van der Waals surface area contributed by atoms with Crippen molar-refractivity contribution in [2.24, 2.45) is 0 Å². The quantitative estimate of drug-likeness (QED) is 0.853. The van der Waals surface area contributed by atoms with Gasteiger partial charge >= 0.3 is 5.97 Å². The Morgan fingerprint density at radius 3 is 2.69 bits per heavy atom. The number of carboxylic acid groups (broad SMARTS) is 1. The molecule has 0 fully saturated rings. The molecule has 0 unspecified atom stereocenters. The lowest BCUT2D eigenvalue weighted by atomic mass is 10.3. The SMILES string of the molecule is Cc1c(C(=O)O)cnn1-c1ccc(Cl)nn1. The van der Waals surface area contributed by atoms with Crippen LogP contribution in [0, 0.1) is 6.92 Å². The molecule has 7 heteroatoms. The molecule has 0 aliphatic heterocycles. The average Bonchev–Trinajstić information content (AvgIpc) is 2.61. The van der Waals surface area contributed by atoms with E-state index in [2.05, 4.69) is 15.3 Å². The van der Waals surface area contributed by atoms with Crippen LogP contribution in [-0.2, 0) is 0 Å². The van der Waals surface area contributed by atoms with Gasteiger partial charge in [0.2, 0.25) is 0 Å². The number of nitrogens with zero attached hydrogens (tertiary/aromatic N) is 4. The number of hydrogen-bond donors (Lipinski definition) is 1.